The molecule has 21 heavy (non-hydrogen) atoms. The Morgan fingerprint density at radius 2 is 1.95 bits per heavy atom. The average molecular weight is 290 g/mol. The minimum absolute atomic E-state index is 0.00417. The molecule has 0 aliphatic carbocycles. The third-order valence-corrected chi connectivity index (χ3v) is 4.23. The van der Waals surface area contributed by atoms with Crippen molar-refractivity contribution in [2.24, 2.45) is 5.92 Å². The largest absolute Gasteiger partial charge is 0.512 e. The number of ether oxygens (including phenoxy) is 1. The minimum atomic E-state index is -0.682. The highest BCUT2D eigenvalue weighted by Crippen LogP contribution is 2.36. The predicted octanol–water partition coefficient (Wildman–Crippen LogP) is 2.90. The summed E-state index contributed by atoms with van der Waals surface area (Å²) in [7, 11) is 0. The summed E-state index contributed by atoms with van der Waals surface area (Å²) in [5, 5.41) is 19.2. The SMILES string of the molecule is CC(C)C1(CCc2ccccc2CO)CC(O)=CC(=O)O1. The molecule has 1 aliphatic rings. The van der Waals surface area contributed by atoms with E-state index in [0.717, 1.165) is 17.2 Å². The van der Waals surface area contributed by atoms with Crippen LogP contribution in [0.4, 0.5) is 0 Å². The van der Waals surface area contributed by atoms with Crippen molar-refractivity contribution in [3.05, 3.63) is 47.2 Å². The van der Waals surface area contributed by atoms with Gasteiger partial charge in [0.2, 0.25) is 0 Å². The fraction of sp³-hybridized carbons (Fsp3) is 0.471. The smallest absolute Gasteiger partial charge is 0.334 e. The first-order valence-electron chi connectivity index (χ1n) is 7.27. The molecule has 0 aromatic heterocycles. The molecular weight excluding hydrogens is 268 g/mol. The van der Waals surface area contributed by atoms with Gasteiger partial charge in [-0.15, -0.1) is 0 Å². The Hall–Kier alpha value is -1.81. The Bertz CT molecular complexity index is 547. The highest BCUT2D eigenvalue weighted by atomic mass is 16.6. The van der Waals surface area contributed by atoms with Gasteiger partial charge in [-0.2, -0.15) is 0 Å². The Balaban J connectivity index is 2.18. The summed E-state index contributed by atoms with van der Waals surface area (Å²) in [6.45, 7) is 3.98. The van der Waals surface area contributed by atoms with Gasteiger partial charge in [0, 0.05) is 6.42 Å². The van der Waals surface area contributed by atoms with Crippen LogP contribution in [0.25, 0.3) is 0 Å². The van der Waals surface area contributed by atoms with Crippen molar-refractivity contribution in [3.63, 3.8) is 0 Å². The van der Waals surface area contributed by atoms with Crippen LogP contribution in [-0.2, 0) is 22.6 Å². The predicted molar refractivity (Wildman–Crippen MR) is 79.7 cm³/mol. The van der Waals surface area contributed by atoms with E-state index in [1.165, 1.54) is 0 Å². The number of esters is 1. The number of rotatable bonds is 5. The molecule has 1 aromatic carbocycles. The molecule has 4 heteroatoms. The molecule has 1 atom stereocenters. The molecule has 114 valence electrons. The molecule has 0 fully saturated rings. The number of cyclic esters (lactones) is 1. The molecule has 0 amide bonds. The first-order valence-corrected chi connectivity index (χ1v) is 7.27. The maximum Gasteiger partial charge on any atom is 0.334 e. The molecule has 2 rings (SSSR count). The summed E-state index contributed by atoms with van der Waals surface area (Å²) in [6, 6.07) is 7.69. The molecule has 0 saturated heterocycles. The molecule has 1 heterocycles. The lowest BCUT2D eigenvalue weighted by Gasteiger charge is -2.39. The Kier molecular flexibility index (Phi) is 4.68. The van der Waals surface area contributed by atoms with E-state index < -0.39 is 11.6 Å². The molecule has 0 spiro atoms. The van der Waals surface area contributed by atoms with Crippen LogP contribution in [-0.4, -0.2) is 21.8 Å². The zero-order chi connectivity index (χ0) is 15.5. The van der Waals surface area contributed by atoms with Crippen LogP contribution < -0.4 is 0 Å². The van der Waals surface area contributed by atoms with E-state index in [0.29, 0.717) is 19.3 Å². The second-order valence-corrected chi connectivity index (χ2v) is 5.88. The normalized spacial score (nSPS) is 22.1. The molecule has 1 aromatic rings. The third kappa shape index (κ3) is 3.45. The first-order chi connectivity index (χ1) is 9.97. The third-order valence-electron chi connectivity index (χ3n) is 4.23. The highest BCUT2D eigenvalue weighted by Gasteiger charge is 2.41. The molecule has 1 aliphatic heterocycles. The molecular formula is C17H22O4. The van der Waals surface area contributed by atoms with Crippen molar-refractivity contribution in [1.82, 2.24) is 0 Å². The number of aliphatic hydroxyl groups excluding tert-OH is 2. The molecule has 2 N–H and O–H groups in total. The van der Waals surface area contributed by atoms with Gasteiger partial charge in [-0.05, 0) is 29.9 Å². The number of hydrogen-bond acceptors (Lipinski definition) is 4. The Morgan fingerprint density at radius 1 is 1.29 bits per heavy atom. The van der Waals surface area contributed by atoms with Gasteiger partial charge < -0.3 is 14.9 Å². The zero-order valence-corrected chi connectivity index (χ0v) is 12.5. The average Bonchev–Trinajstić information content (AvgIpc) is 2.44. The zero-order valence-electron chi connectivity index (χ0n) is 12.5. The fourth-order valence-electron chi connectivity index (χ4n) is 2.81. The second kappa shape index (κ2) is 6.31. The summed E-state index contributed by atoms with van der Waals surface area (Å²) < 4.78 is 5.56. The van der Waals surface area contributed by atoms with Gasteiger partial charge in [0.25, 0.3) is 0 Å². The quantitative estimate of drug-likeness (QED) is 0.818. The number of aliphatic hydroxyl groups is 2. The van der Waals surface area contributed by atoms with Gasteiger partial charge in [0.15, 0.2) is 0 Å². The molecule has 4 nitrogen and oxygen atoms in total. The fourth-order valence-corrected chi connectivity index (χ4v) is 2.81. The van der Waals surface area contributed by atoms with Crippen molar-refractivity contribution in [3.8, 4) is 0 Å². The number of benzene rings is 1. The number of aryl methyl sites for hydroxylation is 1. The summed E-state index contributed by atoms with van der Waals surface area (Å²) in [6.07, 6.45) is 2.79. The first kappa shape index (κ1) is 15.6. The van der Waals surface area contributed by atoms with E-state index in [4.69, 9.17) is 4.74 Å². The lowest BCUT2D eigenvalue weighted by atomic mass is 9.79. The van der Waals surface area contributed by atoms with E-state index in [1.807, 2.05) is 38.1 Å². The van der Waals surface area contributed by atoms with Crippen LogP contribution in [0.3, 0.4) is 0 Å². The maximum atomic E-state index is 11.6. The van der Waals surface area contributed by atoms with E-state index in [-0.39, 0.29) is 18.3 Å². The van der Waals surface area contributed by atoms with Crippen LogP contribution in [0.15, 0.2) is 36.1 Å². The van der Waals surface area contributed by atoms with E-state index >= 15 is 0 Å². The molecule has 0 saturated carbocycles. The Morgan fingerprint density at radius 3 is 2.52 bits per heavy atom. The van der Waals surface area contributed by atoms with Crippen LogP contribution in [0.2, 0.25) is 0 Å². The van der Waals surface area contributed by atoms with E-state index in [9.17, 15) is 15.0 Å². The van der Waals surface area contributed by atoms with Crippen molar-refractivity contribution in [1.29, 1.82) is 0 Å². The van der Waals surface area contributed by atoms with Gasteiger partial charge >= 0.3 is 5.97 Å². The van der Waals surface area contributed by atoms with Gasteiger partial charge in [0.05, 0.1) is 12.7 Å². The van der Waals surface area contributed by atoms with Gasteiger partial charge in [-0.3, -0.25) is 0 Å². The monoisotopic (exact) mass is 290 g/mol. The minimum Gasteiger partial charge on any atom is -0.512 e. The topological polar surface area (TPSA) is 66.8 Å². The highest BCUT2D eigenvalue weighted by molar-refractivity contribution is 5.83. The standard InChI is InChI=1S/C17H22O4/c1-12(2)17(10-15(19)9-16(20)21-17)8-7-13-5-3-4-6-14(13)11-18/h3-6,9,12,18-19H,7-8,10-11H2,1-2H3. The van der Waals surface area contributed by atoms with Gasteiger partial charge in [-0.25, -0.2) is 4.79 Å². The maximum absolute atomic E-state index is 11.6. The lowest BCUT2D eigenvalue weighted by molar-refractivity contribution is -0.163. The lowest BCUT2D eigenvalue weighted by Crippen LogP contribution is -2.43. The van der Waals surface area contributed by atoms with Crippen LogP contribution in [0.1, 0.15) is 37.8 Å². The molecule has 0 bridgehead atoms. The number of carbonyl (C=O) groups is 1. The number of hydrogen-bond donors (Lipinski definition) is 2. The van der Waals surface area contributed by atoms with E-state index in [2.05, 4.69) is 0 Å². The van der Waals surface area contributed by atoms with Crippen LogP contribution >= 0.6 is 0 Å². The number of carbonyl (C=O) groups excluding carboxylic acids is 1. The van der Waals surface area contributed by atoms with E-state index in [1.54, 1.807) is 0 Å². The molecule has 1 unspecified atom stereocenters. The Labute approximate surface area is 125 Å². The van der Waals surface area contributed by atoms with Crippen LogP contribution in [0.5, 0.6) is 0 Å². The van der Waals surface area contributed by atoms with Crippen molar-refractivity contribution in [2.75, 3.05) is 0 Å². The van der Waals surface area contributed by atoms with Crippen molar-refractivity contribution < 1.29 is 19.7 Å². The van der Waals surface area contributed by atoms with Crippen molar-refractivity contribution >= 4 is 5.97 Å². The summed E-state index contributed by atoms with van der Waals surface area (Å²) in [5.74, 6) is -0.308. The van der Waals surface area contributed by atoms with Crippen LogP contribution in [0, 0.1) is 5.92 Å². The van der Waals surface area contributed by atoms with Crippen molar-refractivity contribution in [2.45, 2.75) is 45.3 Å². The second-order valence-electron chi connectivity index (χ2n) is 5.88. The summed E-state index contributed by atoms with van der Waals surface area (Å²) in [5.41, 5.74) is 1.25. The molecule has 0 radical (unpaired) electrons. The summed E-state index contributed by atoms with van der Waals surface area (Å²) in [4.78, 5) is 11.6. The summed E-state index contributed by atoms with van der Waals surface area (Å²) >= 11 is 0. The van der Waals surface area contributed by atoms with Gasteiger partial charge in [0.1, 0.15) is 11.4 Å². The van der Waals surface area contributed by atoms with Gasteiger partial charge in [-0.1, -0.05) is 38.1 Å².